The molecule has 0 radical (unpaired) electrons. The Morgan fingerprint density at radius 3 is 3.12 bits per heavy atom. The van der Waals surface area contributed by atoms with Crippen LogP contribution in [0.25, 0.3) is 0 Å². The molecule has 0 aliphatic carbocycles. The third-order valence-electron chi connectivity index (χ3n) is 3.22. The van der Waals surface area contributed by atoms with Crippen molar-refractivity contribution in [3.8, 4) is 0 Å². The Morgan fingerprint density at radius 1 is 1.41 bits per heavy atom. The van der Waals surface area contributed by atoms with E-state index in [1.165, 1.54) is 12.8 Å². The number of hydrogen-bond donors (Lipinski definition) is 2. The van der Waals surface area contributed by atoms with Gasteiger partial charge in [0.1, 0.15) is 11.6 Å². The van der Waals surface area contributed by atoms with Crippen LogP contribution in [0.1, 0.15) is 44.3 Å². The minimum Gasteiger partial charge on any atom is -0.392 e. The second-order valence-electron chi connectivity index (χ2n) is 4.71. The summed E-state index contributed by atoms with van der Waals surface area (Å²) in [5.74, 6) is 2.12. The zero-order chi connectivity index (χ0) is 12.1. The first kappa shape index (κ1) is 12.5. The zero-order valence-electron chi connectivity index (χ0n) is 10.5. The van der Waals surface area contributed by atoms with Crippen molar-refractivity contribution in [1.82, 2.24) is 20.1 Å². The number of aliphatic hydroxyl groups excluding tert-OH is 1. The van der Waals surface area contributed by atoms with Gasteiger partial charge in [0.15, 0.2) is 0 Å². The number of fused-ring (bicyclic) bond motifs is 1. The van der Waals surface area contributed by atoms with Crippen molar-refractivity contribution in [1.29, 1.82) is 0 Å². The molecular weight excluding hydrogens is 216 g/mol. The number of rotatable bonds is 6. The lowest BCUT2D eigenvalue weighted by Gasteiger charge is -2.15. The first-order valence-electron chi connectivity index (χ1n) is 6.61. The van der Waals surface area contributed by atoms with E-state index < -0.39 is 0 Å². The van der Waals surface area contributed by atoms with Crippen molar-refractivity contribution in [2.75, 3.05) is 6.54 Å². The van der Waals surface area contributed by atoms with Gasteiger partial charge < -0.3 is 15.0 Å². The van der Waals surface area contributed by atoms with E-state index in [0.717, 1.165) is 37.5 Å². The molecule has 0 saturated carbocycles. The summed E-state index contributed by atoms with van der Waals surface area (Å²) in [6.45, 7) is 4.46. The molecule has 0 bridgehead atoms. The lowest BCUT2D eigenvalue weighted by Crippen LogP contribution is -2.28. The van der Waals surface area contributed by atoms with Gasteiger partial charge in [0.25, 0.3) is 0 Å². The molecule has 2 heterocycles. The summed E-state index contributed by atoms with van der Waals surface area (Å²) in [6, 6.07) is 0. The zero-order valence-corrected chi connectivity index (χ0v) is 10.5. The van der Waals surface area contributed by atoms with Gasteiger partial charge in [0.05, 0.1) is 12.6 Å². The predicted octanol–water partition coefficient (Wildman–Crippen LogP) is 0.865. The van der Waals surface area contributed by atoms with Gasteiger partial charge in [0, 0.05) is 19.5 Å². The monoisotopic (exact) mass is 238 g/mol. The third kappa shape index (κ3) is 3.26. The molecule has 2 rings (SSSR count). The Morgan fingerprint density at radius 2 is 2.29 bits per heavy atom. The molecule has 5 heteroatoms. The van der Waals surface area contributed by atoms with E-state index >= 15 is 0 Å². The van der Waals surface area contributed by atoms with Crippen LogP contribution in [0.5, 0.6) is 0 Å². The lowest BCUT2D eigenvalue weighted by molar-refractivity contribution is 0.160. The van der Waals surface area contributed by atoms with Gasteiger partial charge >= 0.3 is 0 Å². The van der Waals surface area contributed by atoms with Crippen molar-refractivity contribution >= 4 is 0 Å². The van der Waals surface area contributed by atoms with Gasteiger partial charge in [-0.3, -0.25) is 0 Å². The first-order valence-corrected chi connectivity index (χ1v) is 6.61. The molecule has 17 heavy (non-hydrogen) atoms. The third-order valence-corrected chi connectivity index (χ3v) is 3.22. The number of hydrogen-bond acceptors (Lipinski definition) is 4. The summed E-state index contributed by atoms with van der Waals surface area (Å²) in [5, 5.41) is 21.3. The molecular formula is C12H22N4O. The molecule has 1 unspecified atom stereocenters. The summed E-state index contributed by atoms with van der Waals surface area (Å²) in [7, 11) is 0. The molecule has 0 aromatic carbocycles. The summed E-state index contributed by atoms with van der Waals surface area (Å²) in [4.78, 5) is 0. The van der Waals surface area contributed by atoms with E-state index in [0.29, 0.717) is 13.1 Å². The predicted molar refractivity (Wildman–Crippen MR) is 65.6 cm³/mol. The second-order valence-corrected chi connectivity index (χ2v) is 4.71. The standard InChI is InChI=1S/C12H22N4O/c1-2-5-10(17)8-13-9-12-15-14-11-6-3-4-7-16(11)12/h10,13,17H,2-9H2,1H3. The van der Waals surface area contributed by atoms with Crippen LogP contribution in [0.2, 0.25) is 0 Å². The summed E-state index contributed by atoms with van der Waals surface area (Å²) in [5.41, 5.74) is 0. The number of aromatic nitrogens is 3. The number of aliphatic hydroxyl groups is 1. The lowest BCUT2D eigenvalue weighted by atomic mass is 10.1. The minimum atomic E-state index is -0.247. The Bertz CT molecular complexity index is 350. The highest BCUT2D eigenvalue weighted by Crippen LogP contribution is 2.13. The summed E-state index contributed by atoms with van der Waals surface area (Å²) >= 11 is 0. The van der Waals surface area contributed by atoms with Crippen molar-refractivity contribution in [3.63, 3.8) is 0 Å². The van der Waals surface area contributed by atoms with Gasteiger partial charge in [-0.05, 0) is 19.3 Å². The maximum atomic E-state index is 9.61. The summed E-state index contributed by atoms with van der Waals surface area (Å²) in [6.07, 6.45) is 5.11. The Kier molecular flexibility index (Phi) is 4.50. The minimum absolute atomic E-state index is 0.247. The molecule has 0 spiro atoms. The molecule has 5 nitrogen and oxygen atoms in total. The van der Waals surface area contributed by atoms with E-state index in [2.05, 4.69) is 27.0 Å². The smallest absolute Gasteiger partial charge is 0.147 e. The molecule has 1 aromatic rings. The molecule has 96 valence electrons. The highest BCUT2D eigenvalue weighted by atomic mass is 16.3. The number of nitrogens with one attached hydrogen (secondary N) is 1. The average Bonchev–Trinajstić information content (AvgIpc) is 2.73. The maximum absolute atomic E-state index is 9.61. The normalized spacial score (nSPS) is 16.8. The van der Waals surface area contributed by atoms with Crippen molar-refractivity contribution in [2.24, 2.45) is 0 Å². The number of aryl methyl sites for hydroxylation is 1. The van der Waals surface area contributed by atoms with Crippen LogP contribution >= 0.6 is 0 Å². The largest absolute Gasteiger partial charge is 0.392 e. The SMILES string of the molecule is CCCC(O)CNCc1nnc2n1CCCC2. The van der Waals surface area contributed by atoms with Crippen molar-refractivity contribution < 1.29 is 5.11 Å². The Balaban J connectivity index is 1.81. The van der Waals surface area contributed by atoms with Crippen LogP contribution in [0, 0.1) is 0 Å². The fourth-order valence-corrected chi connectivity index (χ4v) is 2.29. The molecule has 0 saturated heterocycles. The highest BCUT2D eigenvalue weighted by molar-refractivity contribution is 4.98. The van der Waals surface area contributed by atoms with E-state index in [1.807, 2.05) is 0 Å². The van der Waals surface area contributed by atoms with E-state index in [1.54, 1.807) is 0 Å². The van der Waals surface area contributed by atoms with Crippen LogP contribution in [-0.2, 0) is 19.5 Å². The van der Waals surface area contributed by atoms with Gasteiger partial charge in [-0.1, -0.05) is 13.3 Å². The Labute approximate surface area is 102 Å². The van der Waals surface area contributed by atoms with Gasteiger partial charge in [0.2, 0.25) is 0 Å². The van der Waals surface area contributed by atoms with E-state index in [9.17, 15) is 5.11 Å². The van der Waals surface area contributed by atoms with Crippen molar-refractivity contribution in [3.05, 3.63) is 11.6 Å². The fourth-order valence-electron chi connectivity index (χ4n) is 2.29. The fraction of sp³-hybridized carbons (Fsp3) is 0.833. The van der Waals surface area contributed by atoms with Gasteiger partial charge in [-0.25, -0.2) is 0 Å². The van der Waals surface area contributed by atoms with Crippen LogP contribution in [0.3, 0.4) is 0 Å². The topological polar surface area (TPSA) is 63.0 Å². The molecule has 1 aliphatic rings. The number of nitrogens with zero attached hydrogens (tertiary/aromatic N) is 3. The molecule has 1 aromatic heterocycles. The quantitative estimate of drug-likeness (QED) is 0.772. The summed E-state index contributed by atoms with van der Waals surface area (Å²) < 4.78 is 2.21. The van der Waals surface area contributed by atoms with Gasteiger partial charge in [-0.15, -0.1) is 10.2 Å². The first-order chi connectivity index (χ1) is 8.31. The van der Waals surface area contributed by atoms with Crippen LogP contribution < -0.4 is 5.32 Å². The highest BCUT2D eigenvalue weighted by Gasteiger charge is 2.15. The van der Waals surface area contributed by atoms with E-state index in [-0.39, 0.29) is 6.10 Å². The Hall–Kier alpha value is -0.940. The van der Waals surface area contributed by atoms with Crippen molar-refractivity contribution in [2.45, 2.75) is 58.2 Å². The van der Waals surface area contributed by atoms with E-state index in [4.69, 9.17) is 0 Å². The molecule has 1 atom stereocenters. The molecule has 1 aliphatic heterocycles. The van der Waals surface area contributed by atoms with Crippen LogP contribution in [0.15, 0.2) is 0 Å². The maximum Gasteiger partial charge on any atom is 0.147 e. The van der Waals surface area contributed by atoms with Gasteiger partial charge in [-0.2, -0.15) is 0 Å². The second kappa shape index (κ2) is 6.12. The molecule has 2 N–H and O–H groups in total. The van der Waals surface area contributed by atoms with Crippen LogP contribution in [0.4, 0.5) is 0 Å². The average molecular weight is 238 g/mol. The molecule has 0 amide bonds. The molecule has 0 fully saturated rings. The van der Waals surface area contributed by atoms with Crippen LogP contribution in [-0.4, -0.2) is 32.5 Å².